The van der Waals surface area contributed by atoms with Gasteiger partial charge < -0.3 is 14.8 Å². The van der Waals surface area contributed by atoms with Gasteiger partial charge in [0.2, 0.25) is 0 Å². The number of para-hydroxylation sites is 1. The SMILES string of the molecule is COc1ccc(CCNC(=O)c2cc(-c3cccs3)nc3ccccc23)cc1OC. The molecule has 2 aromatic carbocycles. The summed E-state index contributed by atoms with van der Waals surface area (Å²) in [7, 11) is 3.23. The molecule has 2 heterocycles. The van der Waals surface area contributed by atoms with Crippen molar-refractivity contribution in [2.75, 3.05) is 20.8 Å². The number of thiophene rings is 1. The summed E-state index contributed by atoms with van der Waals surface area (Å²) in [5, 5.41) is 5.90. The van der Waals surface area contributed by atoms with Gasteiger partial charge in [-0.1, -0.05) is 30.3 Å². The molecule has 0 saturated carbocycles. The zero-order valence-corrected chi connectivity index (χ0v) is 17.7. The molecule has 0 unspecified atom stereocenters. The molecule has 5 nitrogen and oxygen atoms in total. The van der Waals surface area contributed by atoms with Crippen molar-refractivity contribution in [2.24, 2.45) is 0 Å². The monoisotopic (exact) mass is 418 g/mol. The Labute approximate surface area is 179 Å². The maximum absolute atomic E-state index is 13.0. The molecule has 0 atom stereocenters. The van der Waals surface area contributed by atoms with E-state index in [2.05, 4.69) is 5.32 Å². The highest BCUT2D eigenvalue weighted by atomic mass is 32.1. The molecule has 1 N–H and O–H groups in total. The van der Waals surface area contributed by atoms with Crippen LogP contribution in [0.25, 0.3) is 21.5 Å². The van der Waals surface area contributed by atoms with Gasteiger partial charge in [-0.05, 0) is 47.7 Å². The van der Waals surface area contributed by atoms with Crippen LogP contribution in [0, 0.1) is 0 Å². The number of aromatic nitrogens is 1. The molecule has 1 amide bonds. The summed E-state index contributed by atoms with van der Waals surface area (Å²) < 4.78 is 10.6. The van der Waals surface area contributed by atoms with Gasteiger partial charge in [-0.2, -0.15) is 0 Å². The summed E-state index contributed by atoms with van der Waals surface area (Å²) in [6, 6.07) is 19.4. The zero-order valence-electron chi connectivity index (χ0n) is 16.8. The quantitative estimate of drug-likeness (QED) is 0.461. The van der Waals surface area contributed by atoms with E-state index in [1.54, 1.807) is 25.6 Å². The number of amides is 1. The van der Waals surface area contributed by atoms with Crippen molar-refractivity contribution < 1.29 is 14.3 Å². The van der Waals surface area contributed by atoms with Crippen LogP contribution in [0.3, 0.4) is 0 Å². The lowest BCUT2D eigenvalue weighted by Crippen LogP contribution is -2.26. The van der Waals surface area contributed by atoms with Crippen LogP contribution in [0.5, 0.6) is 11.5 Å². The Bertz CT molecular complexity index is 1170. The van der Waals surface area contributed by atoms with Crippen molar-refractivity contribution in [3.63, 3.8) is 0 Å². The lowest BCUT2D eigenvalue weighted by atomic mass is 10.1. The van der Waals surface area contributed by atoms with Gasteiger partial charge in [0.25, 0.3) is 5.91 Å². The molecular weight excluding hydrogens is 396 g/mol. The van der Waals surface area contributed by atoms with E-state index in [4.69, 9.17) is 14.5 Å². The van der Waals surface area contributed by atoms with Gasteiger partial charge in [-0.15, -0.1) is 11.3 Å². The number of methoxy groups -OCH3 is 2. The molecule has 152 valence electrons. The van der Waals surface area contributed by atoms with Gasteiger partial charge in [0.15, 0.2) is 11.5 Å². The number of nitrogens with one attached hydrogen (secondary N) is 1. The van der Waals surface area contributed by atoms with E-state index >= 15 is 0 Å². The number of ether oxygens (including phenoxy) is 2. The standard InChI is InChI=1S/C24H22N2O3S/c1-28-21-10-9-16(14-22(21)29-2)11-12-25-24(27)18-15-20(23-8-5-13-30-23)26-19-7-4-3-6-17(18)19/h3-10,13-15H,11-12H2,1-2H3,(H,25,27). The highest BCUT2D eigenvalue weighted by Gasteiger charge is 2.14. The zero-order chi connectivity index (χ0) is 20.9. The van der Waals surface area contributed by atoms with E-state index < -0.39 is 0 Å². The fraction of sp³-hybridized carbons (Fsp3) is 0.167. The number of nitrogens with zero attached hydrogens (tertiary/aromatic N) is 1. The molecule has 0 fully saturated rings. The Hall–Kier alpha value is -3.38. The predicted octanol–water partition coefficient (Wildman–Crippen LogP) is 4.95. The molecule has 30 heavy (non-hydrogen) atoms. The summed E-state index contributed by atoms with van der Waals surface area (Å²) >= 11 is 1.61. The van der Waals surface area contributed by atoms with Crippen molar-refractivity contribution >= 4 is 28.1 Å². The maximum atomic E-state index is 13.0. The second-order valence-electron chi connectivity index (χ2n) is 6.74. The van der Waals surface area contributed by atoms with Gasteiger partial charge in [0.05, 0.1) is 35.9 Å². The average molecular weight is 419 g/mol. The van der Waals surface area contributed by atoms with Crippen LogP contribution < -0.4 is 14.8 Å². The fourth-order valence-corrected chi connectivity index (χ4v) is 4.05. The van der Waals surface area contributed by atoms with E-state index in [0.717, 1.165) is 27.0 Å². The average Bonchev–Trinajstić information content (AvgIpc) is 3.33. The van der Waals surface area contributed by atoms with E-state index in [1.807, 2.05) is 66.0 Å². The summed E-state index contributed by atoms with van der Waals surface area (Å²) in [4.78, 5) is 18.8. The first kappa shape index (κ1) is 19.9. The molecule has 4 rings (SSSR count). The molecule has 2 aromatic heterocycles. The van der Waals surface area contributed by atoms with Crippen LogP contribution in [0.15, 0.2) is 66.0 Å². The van der Waals surface area contributed by atoms with Crippen molar-refractivity contribution in [2.45, 2.75) is 6.42 Å². The Morgan fingerprint density at radius 1 is 1.00 bits per heavy atom. The van der Waals surface area contributed by atoms with Crippen LogP contribution in [0.1, 0.15) is 15.9 Å². The first-order valence-corrected chi connectivity index (χ1v) is 10.5. The normalized spacial score (nSPS) is 10.7. The minimum absolute atomic E-state index is 0.105. The number of benzene rings is 2. The molecule has 4 aromatic rings. The highest BCUT2D eigenvalue weighted by Crippen LogP contribution is 2.29. The van der Waals surface area contributed by atoms with E-state index in [9.17, 15) is 4.79 Å². The third-order valence-electron chi connectivity index (χ3n) is 4.88. The van der Waals surface area contributed by atoms with Crippen LogP contribution in [-0.4, -0.2) is 31.7 Å². The molecule has 0 aliphatic heterocycles. The number of hydrogen-bond donors (Lipinski definition) is 1. The Kier molecular flexibility index (Phi) is 5.95. The van der Waals surface area contributed by atoms with E-state index in [0.29, 0.717) is 30.0 Å². The topological polar surface area (TPSA) is 60.5 Å². The van der Waals surface area contributed by atoms with Gasteiger partial charge >= 0.3 is 0 Å². The maximum Gasteiger partial charge on any atom is 0.252 e. The predicted molar refractivity (Wildman–Crippen MR) is 121 cm³/mol. The number of fused-ring (bicyclic) bond motifs is 1. The highest BCUT2D eigenvalue weighted by molar-refractivity contribution is 7.13. The smallest absolute Gasteiger partial charge is 0.252 e. The van der Waals surface area contributed by atoms with Gasteiger partial charge in [0, 0.05) is 11.9 Å². The van der Waals surface area contributed by atoms with Crippen molar-refractivity contribution in [1.82, 2.24) is 10.3 Å². The number of rotatable bonds is 7. The van der Waals surface area contributed by atoms with Gasteiger partial charge in [-0.3, -0.25) is 4.79 Å². The largest absolute Gasteiger partial charge is 0.493 e. The Balaban J connectivity index is 1.53. The number of carbonyl (C=O) groups excluding carboxylic acids is 1. The molecule has 6 heteroatoms. The van der Waals surface area contributed by atoms with E-state index in [-0.39, 0.29) is 5.91 Å². The first-order chi connectivity index (χ1) is 14.7. The second-order valence-corrected chi connectivity index (χ2v) is 7.69. The molecule has 0 saturated heterocycles. The lowest BCUT2D eigenvalue weighted by Gasteiger charge is -2.11. The molecule has 0 bridgehead atoms. The van der Waals surface area contributed by atoms with Gasteiger partial charge in [-0.25, -0.2) is 4.98 Å². The second kappa shape index (κ2) is 8.97. The number of hydrogen-bond acceptors (Lipinski definition) is 5. The third kappa shape index (κ3) is 4.14. The van der Waals surface area contributed by atoms with E-state index in [1.165, 1.54) is 0 Å². The minimum Gasteiger partial charge on any atom is -0.493 e. The fourth-order valence-electron chi connectivity index (χ4n) is 3.37. The first-order valence-electron chi connectivity index (χ1n) is 9.62. The van der Waals surface area contributed by atoms with Crippen molar-refractivity contribution in [1.29, 1.82) is 0 Å². The number of pyridine rings is 1. The third-order valence-corrected chi connectivity index (χ3v) is 5.77. The van der Waals surface area contributed by atoms with Crippen LogP contribution in [0.4, 0.5) is 0 Å². The Morgan fingerprint density at radius 3 is 2.60 bits per heavy atom. The summed E-state index contributed by atoms with van der Waals surface area (Å²) in [5.74, 6) is 1.27. The Morgan fingerprint density at radius 2 is 1.83 bits per heavy atom. The van der Waals surface area contributed by atoms with Crippen LogP contribution in [-0.2, 0) is 6.42 Å². The summed E-state index contributed by atoms with van der Waals surface area (Å²) in [6.07, 6.45) is 0.687. The van der Waals surface area contributed by atoms with Crippen LogP contribution >= 0.6 is 11.3 Å². The van der Waals surface area contributed by atoms with Crippen LogP contribution in [0.2, 0.25) is 0 Å². The van der Waals surface area contributed by atoms with Crippen molar-refractivity contribution in [3.05, 3.63) is 77.2 Å². The summed E-state index contributed by atoms with van der Waals surface area (Å²) in [5.41, 5.74) is 3.32. The molecule has 0 spiro atoms. The molecule has 0 aliphatic rings. The lowest BCUT2D eigenvalue weighted by molar-refractivity contribution is 0.0955. The molecule has 0 aliphatic carbocycles. The summed E-state index contributed by atoms with van der Waals surface area (Å²) in [6.45, 7) is 0.513. The van der Waals surface area contributed by atoms with Gasteiger partial charge in [0.1, 0.15) is 0 Å². The minimum atomic E-state index is -0.105. The number of carbonyl (C=O) groups is 1. The molecular formula is C24H22N2O3S. The van der Waals surface area contributed by atoms with Crippen molar-refractivity contribution in [3.8, 4) is 22.1 Å². The molecule has 0 radical (unpaired) electrons.